The van der Waals surface area contributed by atoms with Crippen LogP contribution in [0.5, 0.6) is 0 Å². The third-order valence-corrected chi connectivity index (χ3v) is 1.13. The summed E-state index contributed by atoms with van der Waals surface area (Å²) in [6, 6.07) is 0. The molecule has 0 unspecified atom stereocenters. The SMILES string of the molecule is [CH2]C(F)(F)S(=O)(=O)O.[NaH]. The first kappa shape index (κ1) is 12.4. The Morgan fingerprint density at radius 3 is 1.56 bits per heavy atom. The van der Waals surface area contributed by atoms with Gasteiger partial charge in [0, 0.05) is 6.92 Å². The minimum atomic E-state index is -5.28. The van der Waals surface area contributed by atoms with E-state index in [0.717, 1.165) is 0 Å². The van der Waals surface area contributed by atoms with Crippen LogP contribution in [0.25, 0.3) is 0 Å². The molecule has 1 radical (unpaired) electrons. The normalized spacial score (nSPS) is 12.4. The van der Waals surface area contributed by atoms with Crippen molar-refractivity contribution >= 4 is 39.7 Å². The Kier molecular flexibility index (Phi) is 4.49. The Bertz CT molecular complexity index is 169. The molecule has 0 aromatic rings. The van der Waals surface area contributed by atoms with Crippen molar-refractivity contribution < 1.29 is 21.8 Å². The first-order valence-corrected chi connectivity index (χ1v) is 2.89. The van der Waals surface area contributed by atoms with Gasteiger partial charge in [0.05, 0.1) is 0 Å². The van der Waals surface area contributed by atoms with E-state index in [1.165, 1.54) is 0 Å². The van der Waals surface area contributed by atoms with Gasteiger partial charge in [0.2, 0.25) is 0 Å². The van der Waals surface area contributed by atoms with E-state index in [-0.39, 0.29) is 29.6 Å². The van der Waals surface area contributed by atoms with Crippen molar-refractivity contribution in [1.29, 1.82) is 0 Å². The predicted octanol–water partition coefficient (Wildman–Crippen LogP) is -0.347. The molecule has 0 aliphatic rings. The summed E-state index contributed by atoms with van der Waals surface area (Å²) in [6.45, 7) is 1.87. The number of alkyl halides is 2. The van der Waals surface area contributed by atoms with E-state index in [4.69, 9.17) is 4.55 Å². The molecule has 9 heavy (non-hydrogen) atoms. The summed E-state index contributed by atoms with van der Waals surface area (Å²) in [5, 5.41) is -4.28. The molecule has 0 fully saturated rings. The third kappa shape index (κ3) is 4.21. The molecule has 0 atom stereocenters. The van der Waals surface area contributed by atoms with Crippen molar-refractivity contribution in [2.75, 3.05) is 0 Å². The fourth-order valence-corrected chi connectivity index (χ4v) is 0. The van der Waals surface area contributed by atoms with Crippen LogP contribution in [0, 0.1) is 6.92 Å². The van der Waals surface area contributed by atoms with Gasteiger partial charge in [-0.15, -0.1) is 0 Å². The van der Waals surface area contributed by atoms with Crippen LogP contribution in [0.15, 0.2) is 0 Å². The predicted molar refractivity (Wildman–Crippen MR) is 29.0 cm³/mol. The van der Waals surface area contributed by atoms with Gasteiger partial charge >= 0.3 is 44.9 Å². The Morgan fingerprint density at radius 2 is 1.56 bits per heavy atom. The Labute approximate surface area is 73.5 Å². The molecule has 0 aliphatic carbocycles. The molecular weight excluding hydrogens is 165 g/mol. The maximum atomic E-state index is 11.3. The van der Waals surface area contributed by atoms with E-state index < -0.39 is 15.4 Å². The van der Waals surface area contributed by atoms with Crippen LogP contribution in [-0.4, -0.2) is 47.8 Å². The minimum absolute atomic E-state index is 0. The third-order valence-electron chi connectivity index (χ3n) is 0.377. The summed E-state index contributed by atoms with van der Waals surface area (Å²) in [4.78, 5) is 0. The molecule has 7 heteroatoms. The van der Waals surface area contributed by atoms with Crippen molar-refractivity contribution in [3.05, 3.63) is 6.92 Å². The number of hydrogen-bond acceptors (Lipinski definition) is 2. The van der Waals surface area contributed by atoms with Gasteiger partial charge in [0.15, 0.2) is 0 Å². The van der Waals surface area contributed by atoms with Gasteiger partial charge in [-0.05, 0) is 0 Å². The quantitative estimate of drug-likeness (QED) is 0.431. The topological polar surface area (TPSA) is 54.4 Å². The average molecular weight is 169 g/mol. The summed E-state index contributed by atoms with van der Waals surface area (Å²) in [5.74, 6) is 0. The van der Waals surface area contributed by atoms with Gasteiger partial charge in [-0.1, -0.05) is 0 Å². The van der Waals surface area contributed by atoms with Crippen LogP contribution in [0.3, 0.4) is 0 Å². The van der Waals surface area contributed by atoms with Gasteiger partial charge in [0.25, 0.3) is 0 Å². The Morgan fingerprint density at radius 1 is 1.44 bits per heavy atom. The molecule has 0 aromatic carbocycles. The number of halogens is 2. The van der Waals surface area contributed by atoms with Gasteiger partial charge in [0.1, 0.15) is 0 Å². The number of hydrogen-bond donors (Lipinski definition) is 1. The summed E-state index contributed by atoms with van der Waals surface area (Å²) in [6.07, 6.45) is 0. The summed E-state index contributed by atoms with van der Waals surface area (Å²) < 4.78 is 48.9. The van der Waals surface area contributed by atoms with Crippen LogP contribution >= 0.6 is 0 Å². The zero-order valence-electron chi connectivity index (χ0n) is 3.63. The molecule has 0 saturated heterocycles. The zero-order chi connectivity index (χ0) is 7.00. The van der Waals surface area contributed by atoms with E-state index in [1.807, 2.05) is 6.92 Å². The van der Waals surface area contributed by atoms with E-state index in [9.17, 15) is 17.2 Å². The standard InChI is InChI=1S/C2H3F2O3S.Na.H/c1-2(3,4)8(5,6)7;;/h1H2,(H,5,6,7);;. The van der Waals surface area contributed by atoms with E-state index in [1.54, 1.807) is 0 Å². The van der Waals surface area contributed by atoms with Crippen molar-refractivity contribution in [2.45, 2.75) is 5.25 Å². The second kappa shape index (κ2) is 3.25. The molecular formula is C2H4F2NaO3S. The van der Waals surface area contributed by atoms with Crippen molar-refractivity contribution in [1.82, 2.24) is 0 Å². The first-order chi connectivity index (χ1) is 3.25. The second-order valence-corrected chi connectivity index (χ2v) is 2.66. The fraction of sp³-hybridized carbons (Fsp3) is 0.500. The van der Waals surface area contributed by atoms with E-state index in [2.05, 4.69) is 0 Å². The molecule has 0 amide bonds. The van der Waals surface area contributed by atoms with Gasteiger partial charge in [-0.3, -0.25) is 4.55 Å². The first-order valence-electron chi connectivity index (χ1n) is 1.45. The van der Waals surface area contributed by atoms with Gasteiger partial charge in [-0.2, -0.15) is 17.2 Å². The molecule has 0 aliphatic heterocycles. The molecule has 0 spiro atoms. The molecule has 1 N–H and O–H groups in total. The van der Waals surface area contributed by atoms with Gasteiger partial charge in [-0.25, -0.2) is 0 Å². The molecule has 0 saturated carbocycles. The van der Waals surface area contributed by atoms with Crippen LogP contribution in [0.1, 0.15) is 0 Å². The Balaban J connectivity index is 0. The maximum absolute atomic E-state index is 11.3. The molecule has 0 bridgehead atoms. The van der Waals surface area contributed by atoms with Crippen LogP contribution in [0.4, 0.5) is 8.78 Å². The molecule has 0 aromatic heterocycles. The molecule has 0 rings (SSSR count). The Hall–Kier alpha value is 0.770. The van der Waals surface area contributed by atoms with E-state index in [0.29, 0.717) is 0 Å². The second-order valence-electron chi connectivity index (χ2n) is 1.11. The van der Waals surface area contributed by atoms with Crippen LogP contribution < -0.4 is 0 Å². The van der Waals surface area contributed by atoms with E-state index >= 15 is 0 Å². The van der Waals surface area contributed by atoms with Gasteiger partial charge < -0.3 is 0 Å². The molecule has 51 valence electrons. The van der Waals surface area contributed by atoms with Crippen LogP contribution in [-0.2, 0) is 10.1 Å². The summed E-state index contributed by atoms with van der Waals surface area (Å²) in [5.41, 5.74) is 0. The van der Waals surface area contributed by atoms with Crippen LogP contribution in [0.2, 0.25) is 0 Å². The molecule has 0 heterocycles. The monoisotopic (exact) mass is 169 g/mol. The molecule has 3 nitrogen and oxygen atoms in total. The number of rotatable bonds is 1. The summed E-state index contributed by atoms with van der Waals surface area (Å²) >= 11 is 0. The zero-order valence-corrected chi connectivity index (χ0v) is 4.45. The fourth-order valence-electron chi connectivity index (χ4n) is 0. The average Bonchev–Trinajstić information content (AvgIpc) is 1.25. The van der Waals surface area contributed by atoms with Crippen molar-refractivity contribution in [3.63, 3.8) is 0 Å². The van der Waals surface area contributed by atoms with Crippen molar-refractivity contribution in [3.8, 4) is 0 Å². The summed E-state index contributed by atoms with van der Waals surface area (Å²) in [7, 11) is -5.28. The van der Waals surface area contributed by atoms with Crippen molar-refractivity contribution in [2.24, 2.45) is 0 Å².